The molecule has 0 spiro atoms. The molecule has 3 heteroatoms. The van der Waals surface area contributed by atoms with Gasteiger partial charge in [0, 0.05) is 25.7 Å². The molecule has 1 aliphatic heterocycles. The molecule has 0 radical (unpaired) electrons. The molecular weight excluding hydrogens is 212 g/mol. The monoisotopic (exact) mass is 242 g/mol. The quantitative estimate of drug-likeness (QED) is 0.691. The molecule has 102 valence electrons. The zero-order valence-corrected chi connectivity index (χ0v) is 11.9. The van der Waals surface area contributed by atoms with Gasteiger partial charge in [-0.2, -0.15) is 0 Å². The lowest BCUT2D eigenvalue weighted by atomic mass is 10.0. The molecule has 0 bridgehead atoms. The highest BCUT2D eigenvalue weighted by molar-refractivity contribution is 4.80. The van der Waals surface area contributed by atoms with Crippen LogP contribution in [-0.2, 0) is 0 Å². The number of nitrogens with zero attached hydrogens (tertiary/aromatic N) is 2. The molecule has 0 aliphatic carbocycles. The molecule has 0 aromatic carbocycles. The van der Waals surface area contributed by atoms with E-state index in [9.17, 15) is 5.11 Å². The highest BCUT2D eigenvalue weighted by Gasteiger charge is 2.24. The van der Waals surface area contributed by atoms with Gasteiger partial charge < -0.3 is 14.9 Å². The number of rotatable bonds is 7. The van der Waals surface area contributed by atoms with Crippen molar-refractivity contribution in [2.75, 3.05) is 33.7 Å². The van der Waals surface area contributed by atoms with Crippen LogP contribution < -0.4 is 0 Å². The van der Waals surface area contributed by atoms with E-state index in [1.807, 2.05) is 0 Å². The Morgan fingerprint density at radius 1 is 1.18 bits per heavy atom. The smallest absolute Gasteiger partial charge is 0.0555 e. The van der Waals surface area contributed by atoms with Crippen LogP contribution in [0.4, 0.5) is 0 Å². The topological polar surface area (TPSA) is 26.7 Å². The van der Waals surface area contributed by atoms with Crippen molar-refractivity contribution in [3.05, 3.63) is 0 Å². The zero-order chi connectivity index (χ0) is 12.7. The summed E-state index contributed by atoms with van der Waals surface area (Å²) < 4.78 is 0. The summed E-state index contributed by atoms with van der Waals surface area (Å²) in [6.45, 7) is 5.61. The highest BCUT2D eigenvalue weighted by Crippen LogP contribution is 2.15. The van der Waals surface area contributed by atoms with E-state index in [1.54, 1.807) is 0 Å². The van der Waals surface area contributed by atoms with Crippen LogP contribution in [0.3, 0.4) is 0 Å². The van der Waals surface area contributed by atoms with Crippen molar-refractivity contribution < 1.29 is 5.11 Å². The lowest BCUT2D eigenvalue weighted by molar-refractivity contribution is 0.0594. The number of likely N-dealkylation sites (N-methyl/N-ethyl adjacent to an activating group) is 2. The summed E-state index contributed by atoms with van der Waals surface area (Å²) in [5, 5.41) is 10.1. The number of piperazine rings is 1. The number of aliphatic hydroxyl groups excluding tert-OH is 1. The van der Waals surface area contributed by atoms with E-state index in [0.717, 1.165) is 32.5 Å². The Balaban J connectivity index is 2.17. The molecule has 2 unspecified atom stereocenters. The molecule has 1 saturated heterocycles. The maximum absolute atomic E-state index is 10.1. The van der Waals surface area contributed by atoms with Crippen LogP contribution in [0.5, 0.6) is 0 Å². The first-order chi connectivity index (χ1) is 8.13. The summed E-state index contributed by atoms with van der Waals surface area (Å²) in [4.78, 5) is 4.77. The van der Waals surface area contributed by atoms with Gasteiger partial charge in [0.2, 0.25) is 0 Å². The molecule has 0 saturated carbocycles. The van der Waals surface area contributed by atoms with Gasteiger partial charge in [-0.15, -0.1) is 0 Å². The molecule has 2 atom stereocenters. The Labute approximate surface area is 107 Å². The lowest BCUT2D eigenvalue weighted by Crippen LogP contribution is -2.50. The van der Waals surface area contributed by atoms with Crippen molar-refractivity contribution in [3.63, 3.8) is 0 Å². The van der Waals surface area contributed by atoms with Gasteiger partial charge in [0.25, 0.3) is 0 Å². The van der Waals surface area contributed by atoms with Crippen LogP contribution in [0.25, 0.3) is 0 Å². The Morgan fingerprint density at radius 3 is 2.65 bits per heavy atom. The van der Waals surface area contributed by atoms with Crippen LogP contribution >= 0.6 is 0 Å². The molecule has 1 N–H and O–H groups in total. The summed E-state index contributed by atoms with van der Waals surface area (Å²) in [7, 11) is 4.36. The highest BCUT2D eigenvalue weighted by atomic mass is 16.3. The van der Waals surface area contributed by atoms with Crippen molar-refractivity contribution in [2.45, 2.75) is 57.6 Å². The standard InChI is InChI=1S/C14H30N2O/c1-4-5-6-7-8-14(17)11-13-12-15(2)9-10-16(13)3/h13-14,17H,4-12H2,1-3H3. The number of hydrogen-bond donors (Lipinski definition) is 1. The fourth-order valence-corrected chi connectivity index (χ4v) is 2.59. The van der Waals surface area contributed by atoms with Gasteiger partial charge in [-0.25, -0.2) is 0 Å². The summed E-state index contributed by atoms with van der Waals surface area (Å²) in [5.41, 5.74) is 0. The van der Waals surface area contributed by atoms with Gasteiger partial charge in [0.15, 0.2) is 0 Å². The first-order valence-corrected chi connectivity index (χ1v) is 7.20. The number of hydrogen-bond acceptors (Lipinski definition) is 3. The average Bonchev–Trinajstić information content (AvgIpc) is 2.29. The summed E-state index contributed by atoms with van der Waals surface area (Å²) in [6, 6.07) is 0.537. The van der Waals surface area contributed by atoms with Crippen molar-refractivity contribution in [1.29, 1.82) is 0 Å². The molecule has 1 heterocycles. The zero-order valence-electron chi connectivity index (χ0n) is 11.9. The van der Waals surface area contributed by atoms with Crippen molar-refractivity contribution in [1.82, 2.24) is 9.80 Å². The first-order valence-electron chi connectivity index (χ1n) is 7.20. The molecule has 0 amide bonds. The third-order valence-electron chi connectivity index (χ3n) is 3.92. The molecule has 17 heavy (non-hydrogen) atoms. The molecular formula is C14H30N2O. The van der Waals surface area contributed by atoms with Crippen LogP contribution in [0.2, 0.25) is 0 Å². The number of unbranched alkanes of at least 4 members (excludes halogenated alkanes) is 3. The Morgan fingerprint density at radius 2 is 1.94 bits per heavy atom. The van der Waals surface area contributed by atoms with Crippen LogP contribution in [0, 0.1) is 0 Å². The fourth-order valence-electron chi connectivity index (χ4n) is 2.59. The Hall–Kier alpha value is -0.120. The maximum Gasteiger partial charge on any atom is 0.0555 e. The van der Waals surface area contributed by atoms with E-state index in [-0.39, 0.29) is 6.10 Å². The first kappa shape index (κ1) is 14.9. The maximum atomic E-state index is 10.1. The van der Waals surface area contributed by atoms with E-state index in [1.165, 1.54) is 25.7 Å². The van der Waals surface area contributed by atoms with Crippen LogP contribution in [0.15, 0.2) is 0 Å². The number of aliphatic hydroxyl groups is 1. The third kappa shape index (κ3) is 5.84. The SMILES string of the molecule is CCCCCCC(O)CC1CN(C)CCN1C. The molecule has 0 aromatic heterocycles. The predicted molar refractivity (Wildman–Crippen MR) is 73.3 cm³/mol. The van der Waals surface area contributed by atoms with Crippen LogP contribution in [-0.4, -0.2) is 60.8 Å². The predicted octanol–water partition coefficient (Wildman–Crippen LogP) is 1.95. The summed E-state index contributed by atoms with van der Waals surface area (Å²) in [6.07, 6.45) is 6.84. The van der Waals surface area contributed by atoms with Crippen molar-refractivity contribution in [2.24, 2.45) is 0 Å². The summed E-state index contributed by atoms with van der Waals surface area (Å²) >= 11 is 0. The molecule has 0 aromatic rings. The largest absolute Gasteiger partial charge is 0.393 e. The Bertz CT molecular complexity index is 199. The minimum absolute atomic E-state index is 0.106. The summed E-state index contributed by atoms with van der Waals surface area (Å²) in [5.74, 6) is 0. The van der Waals surface area contributed by atoms with E-state index < -0.39 is 0 Å². The van der Waals surface area contributed by atoms with E-state index >= 15 is 0 Å². The van der Waals surface area contributed by atoms with E-state index in [4.69, 9.17) is 0 Å². The molecule has 1 fully saturated rings. The van der Waals surface area contributed by atoms with Crippen LogP contribution in [0.1, 0.15) is 45.4 Å². The minimum Gasteiger partial charge on any atom is -0.393 e. The van der Waals surface area contributed by atoms with E-state index in [2.05, 4.69) is 30.8 Å². The average molecular weight is 242 g/mol. The molecule has 1 aliphatic rings. The Kier molecular flexibility index (Phi) is 7.09. The van der Waals surface area contributed by atoms with Gasteiger partial charge in [0.1, 0.15) is 0 Å². The van der Waals surface area contributed by atoms with Gasteiger partial charge in [-0.05, 0) is 26.9 Å². The van der Waals surface area contributed by atoms with E-state index in [0.29, 0.717) is 6.04 Å². The van der Waals surface area contributed by atoms with Gasteiger partial charge in [-0.3, -0.25) is 0 Å². The normalized spacial score (nSPS) is 25.1. The molecule has 1 rings (SSSR count). The third-order valence-corrected chi connectivity index (χ3v) is 3.92. The second-order valence-corrected chi connectivity index (χ2v) is 5.64. The van der Waals surface area contributed by atoms with Crippen molar-refractivity contribution >= 4 is 0 Å². The minimum atomic E-state index is -0.106. The second-order valence-electron chi connectivity index (χ2n) is 5.64. The van der Waals surface area contributed by atoms with Gasteiger partial charge >= 0.3 is 0 Å². The van der Waals surface area contributed by atoms with Crippen molar-refractivity contribution in [3.8, 4) is 0 Å². The van der Waals surface area contributed by atoms with Gasteiger partial charge in [-0.1, -0.05) is 32.6 Å². The van der Waals surface area contributed by atoms with Gasteiger partial charge in [0.05, 0.1) is 6.10 Å². The lowest BCUT2D eigenvalue weighted by Gasteiger charge is -2.38. The molecule has 3 nitrogen and oxygen atoms in total. The second kappa shape index (κ2) is 8.06. The fraction of sp³-hybridized carbons (Fsp3) is 1.00.